The van der Waals surface area contributed by atoms with Crippen LogP contribution in [0.15, 0.2) is 77.5 Å². The van der Waals surface area contributed by atoms with Crippen LogP contribution < -0.4 is 10.3 Å². The van der Waals surface area contributed by atoms with Crippen molar-refractivity contribution in [2.45, 2.75) is 13.0 Å². The Hall–Kier alpha value is -2.59. The summed E-state index contributed by atoms with van der Waals surface area (Å²) in [5, 5.41) is 4.96. The molecule has 2 aromatic carbocycles. The van der Waals surface area contributed by atoms with Crippen LogP contribution in [-0.4, -0.2) is 4.98 Å². The van der Waals surface area contributed by atoms with Gasteiger partial charge < -0.3 is 10.3 Å². The highest BCUT2D eigenvalue weighted by atomic mass is 79.9. The van der Waals surface area contributed by atoms with Gasteiger partial charge in [-0.2, -0.15) is 0 Å². The van der Waals surface area contributed by atoms with Gasteiger partial charge in [0.1, 0.15) is 0 Å². The molecule has 3 nitrogen and oxygen atoms in total. The van der Waals surface area contributed by atoms with Gasteiger partial charge in [-0.1, -0.05) is 30.3 Å². The lowest BCUT2D eigenvalue weighted by molar-refractivity contribution is -0.378. The largest absolute Gasteiger partial charge is 0.373 e. The maximum atomic E-state index is 3.71. The molecule has 2 heterocycles. The van der Waals surface area contributed by atoms with Crippen LogP contribution in [-0.2, 0) is 0 Å². The van der Waals surface area contributed by atoms with Crippen molar-refractivity contribution in [3.63, 3.8) is 0 Å². The molecular formula is C21H19BrN3+. The van der Waals surface area contributed by atoms with Crippen molar-refractivity contribution >= 4 is 32.5 Å². The fourth-order valence-electron chi connectivity index (χ4n) is 3.31. The SMILES string of the molecule is Cc1[nH]c2ccccc2c1C(Nc1ccccc1Br)c1ccc[nH+]c1. The summed E-state index contributed by atoms with van der Waals surface area (Å²) in [6.45, 7) is 2.14. The van der Waals surface area contributed by atoms with E-state index in [1.54, 1.807) is 0 Å². The predicted octanol–water partition coefficient (Wildman–Crippen LogP) is 5.25. The summed E-state index contributed by atoms with van der Waals surface area (Å²) in [5.41, 5.74) is 5.86. The van der Waals surface area contributed by atoms with Gasteiger partial charge in [-0.05, 0) is 47.1 Å². The minimum Gasteiger partial charge on any atom is -0.373 e. The number of nitrogens with one attached hydrogen (secondary N) is 3. The number of halogens is 1. The van der Waals surface area contributed by atoms with E-state index < -0.39 is 0 Å². The summed E-state index contributed by atoms with van der Waals surface area (Å²) in [6.07, 6.45) is 3.98. The van der Waals surface area contributed by atoms with Crippen molar-refractivity contribution in [3.05, 3.63) is 94.4 Å². The Bertz CT molecular complexity index is 1010. The van der Waals surface area contributed by atoms with Gasteiger partial charge in [0.2, 0.25) is 0 Å². The Morgan fingerprint density at radius 2 is 1.80 bits per heavy atom. The number of aromatic amines is 2. The molecular weight excluding hydrogens is 374 g/mol. The number of aromatic nitrogens is 2. The van der Waals surface area contributed by atoms with Crippen molar-refractivity contribution < 1.29 is 4.98 Å². The summed E-state index contributed by atoms with van der Waals surface area (Å²) in [6, 6.07) is 20.9. The Kier molecular flexibility index (Phi) is 4.28. The summed E-state index contributed by atoms with van der Waals surface area (Å²) >= 11 is 3.65. The Morgan fingerprint density at radius 3 is 2.60 bits per heavy atom. The van der Waals surface area contributed by atoms with Crippen LogP contribution >= 0.6 is 15.9 Å². The molecule has 0 aliphatic heterocycles. The molecule has 1 atom stereocenters. The van der Waals surface area contributed by atoms with Crippen LogP contribution in [0.2, 0.25) is 0 Å². The second-order valence-electron chi connectivity index (χ2n) is 6.10. The molecule has 0 aliphatic rings. The van der Waals surface area contributed by atoms with Crippen LogP contribution in [0.5, 0.6) is 0 Å². The summed E-state index contributed by atoms with van der Waals surface area (Å²) in [7, 11) is 0. The highest BCUT2D eigenvalue weighted by Crippen LogP contribution is 2.35. The molecule has 0 saturated carbocycles. The van der Waals surface area contributed by atoms with Gasteiger partial charge in [0.05, 0.1) is 6.04 Å². The first-order valence-corrected chi connectivity index (χ1v) is 9.07. The number of aryl methyl sites for hydroxylation is 1. The first-order valence-electron chi connectivity index (χ1n) is 8.28. The second kappa shape index (κ2) is 6.73. The minimum absolute atomic E-state index is 0.0345. The predicted molar refractivity (Wildman–Crippen MR) is 106 cm³/mol. The lowest BCUT2D eigenvalue weighted by Crippen LogP contribution is -2.16. The van der Waals surface area contributed by atoms with Crippen molar-refractivity contribution in [1.29, 1.82) is 0 Å². The van der Waals surface area contributed by atoms with Gasteiger partial charge >= 0.3 is 0 Å². The fourth-order valence-corrected chi connectivity index (χ4v) is 3.71. The summed E-state index contributed by atoms with van der Waals surface area (Å²) < 4.78 is 1.05. The molecule has 0 bridgehead atoms. The average molecular weight is 393 g/mol. The third-order valence-corrected chi connectivity index (χ3v) is 5.16. The third kappa shape index (κ3) is 3.05. The zero-order valence-corrected chi connectivity index (χ0v) is 15.5. The summed E-state index contributed by atoms with van der Waals surface area (Å²) in [5.74, 6) is 0. The highest BCUT2D eigenvalue weighted by Gasteiger charge is 2.22. The molecule has 0 radical (unpaired) electrons. The molecule has 4 aromatic rings. The van der Waals surface area contributed by atoms with E-state index >= 15 is 0 Å². The smallest absolute Gasteiger partial charge is 0.172 e. The third-order valence-electron chi connectivity index (χ3n) is 4.47. The number of H-pyrrole nitrogens is 2. The molecule has 4 heteroatoms. The Labute approximate surface area is 155 Å². The number of fused-ring (bicyclic) bond motifs is 1. The van der Waals surface area contributed by atoms with Crippen molar-refractivity contribution in [2.75, 3.05) is 5.32 Å². The molecule has 0 amide bonds. The molecule has 0 fully saturated rings. The van der Waals surface area contributed by atoms with E-state index in [1.165, 1.54) is 22.2 Å². The van der Waals surface area contributed by atoms with Crippen LogP contribution in [0.1, 0.15) is 22.9 Å². The maximum absolute atomic E-state index is 3.71. The average Bonchev–Trinajstić information content (AvgIpc) is 2.97. The van der Waals surface area contributed by atoms with Gasteiger partial charge in [0, 0.05) is 44.0 Å². The second-order valence-corrected chi connectivity index (χ2v) is 6.96. The van der Waals surface area contributed by atoms with Crippen LogP contribution in [0.3, 0.4) is 0 Å². The van der Waals surface area contributed by atoms with E-state index in [0.717, 1.165) is 15.7 Å². The van der Waals surface area contributed by atoms with Crippen molar-refractivity contribution in [1.82, 2.24) is 4.98 Å². The van der Waals surface area contributed by atoms with Crippen LogP contribution in [0.4, 0.5) is 5.69 Å². The molecule has 25 heavy (non-hydrogen) atoms. The Morgan fingerprint density at radius 1 is 1.00 bits per heavy atom. The molecule has 3 N–H and O–H groups in total. The topological polar surface area (TPSA) is 42.0 Å². The maximum Gasteiger partial charge on any atom is 0.172 e. The molecule has 0 spiro atoms. The first-order chi connectivity index (χ1) is 12.2. The number of hydrogen-bond acceptors (Lipinski definition) is 1. The molecule has 4 rings (SSSR count). The van der Waals surface area contributed by atoms with E-state index in [2.05, 4.69) is 86.8 Å². The number of para-hydroxylation sites is 2. The fraction of sp³-hybridized carbons (Fsp3) is 0.0952. The summed E-state index contributed by atoms with van der Waals surface area (Å²) in [4.78, 5) is 6.73. The van der Waals surface area contributed by atoms with Crippen molar-refractivity contribution in [3.8, 4) is 0 Å². The normalized spacial score (nSPS) is 12.2. The standard InChI is InChI=1S/C21H18BrN3/c1-14-20(16-8-2-4-10-18(16)24-14)21(15-7-6-12-23-13-15)25-19-11-5-3-9-17(19)22/h2-13,21,24-25H,1H3/p+1. The van der Waals surface area contributed by atoms with Crippen LogP contribution in [0, 0.1) is 6.92 Å². The van der Waals surface area contributed by atoms with Crippen LogP contribution in [0.25, 0.3) is 10.9 Å². The van der Waals surface area contributed by atoms with E-state index in [9.17, 15) is 0 Å². The first kappa shape index (κ1) is 15.9. The number of pyridine rings is 1. The lowest BCUT2D eigenvalue weighted by Gasteiger charge is -2.21. The van der Waals surface area contributed by atoms with E-state index in [1.807, 2.05) is 24.4 Å². The van der Waals surface area contributed by atoms with Gasteiger partial charge in [-0.25, -0.2) is 4.98 Å². The molecule has 0 saturated heterocycles. The van der Waals surface area contributed by atoms with E-state index in [-0.39, 0.29) is 6.04 Å². The van der Waals surface area contributed by atoms with Gasteiger partial charge in [-0.3, -0.25) is 0 Å². The Balaban J connectivity index is 1.88. The van der Waals surface area contributed by atoms with E-state index in [4.69, 9.17) is 0 Å². The molecule has 124 valence electrons. The minimum atomic E-state index is 0.0345. The number of rotatable bonds is 4. The van der Waals surface area contributed by atoms with Gasteiger partial charge in [0.15, 0.2) is 12.4 Å². The van der Waals surface area contributed by atoms with Gasteiger partial charge in [-0.15, -0.1) is 0 Å². The zero-order chi connectivity index (χ0) is 17.2. The molecule has 1 unspecified atom stereocenters. The zero-order valence-electron chi connectivity index (χ0n) is 13.9. The quantitative estimate of drug-likeness (QED) is 0.488. The van der Waals surface area contributed by atoms with Gasteiger partial charge in [0.25, 0.3) is 0 Å². The molecule has 2 aromatic heterocycles. The van der Waals surface area contributed by atoms with E-state index in [0.29, 0.717) is 0 Å². The molecule has 0 aliphatic carbocycles. The monoisotopic (exact) mass is 392 g/mol. The number of hydrogen-bond donors (Lipinski definition) is 2. The number of benzene rings is 2. The lowest BCUT2D eigenvalue weighted by atomic mass is 9.97. The van der Waals surface area contributed by atoms with Crippen molar-refractivity contribution in [2.24, 2.45) is 0 Å². The highest BCUT2D eigenvalue weighted by molar-refractivity contribution is 9.10. The number of anilines is 1.